The number of furan rings is 1. The van der Waals surface area contributed by atoms with Crippen LogP contribution >= 0.6 is 11.6 Å². The van der Waals surface area contributed by atoms with Gasteiger partial charge in [-0.15, -0.1) is 0 Å². The second kappa shape index (κ2) is 9.95. The first-order chi connectivity index (χ1) is 14.8. The van der Waals surface area contributed by atoms with Gasteiger partial charge >= 0.3 is 11.9 Å². The molecule has 0 aliphatic rings. The summed E-state index contributed by atoms with van der Waals surface area (Å²) in [6.45, 7) is 0. The molecule has 31 heavy (non-hydrogen) atoms. The topological polar surface area (TPSA) is 117 Å². The fourth-order valence-electron chi connectivity index (χ4n) is 3.17. The van der Waals surface area contributed by atoms with Crippen molar-refractivity contribution in [1.82, 2.24) is 5.32 Å². The Hall–Kier alpha value is -3.58. The van der Waals surface area contributed by atoms with Crippen LogP contribution in [-0.4, -0.2) is 34.1 Å². The normalized spacial score (nSPS) is 11.6. The number of carboxylic acids is 2. The molecule has 8 heteroatoms. The lowest BCUT2D eigenvalue weighted by Gasteiger charge is -2.16. The van der Waals surface area contributed by atoms with Crippen LogP contribution in [0.2, 0.25) is 5.02 Å². The molecule has 1 atom stereocenters. The number of rotatable bonds is 9. The fourth-order valence-corrected chi connectivity index (χ4v) is 3.36. The second-order valence-corrected chi connectivity index (χ2v) is 7.45. The molecule has 1 aromatic heterocycles. The quantitative estimate of drug-likeness (QED) is 0.461. The van der Waals surface area contributed by atoms with Crippen LogP contribution in [0.3, 0.4) is 0 Å². The number of amides is 1. The average molecular weight is 442 g/mol. The number of carbonyl (C=O) groups is 3. The molecular formula is C23H20ClNO6. The lowest BCUT2D eigenvalue weighted by atomic mass is 9.99. The molecule has 0 saturated carbocycles. The molecule has 3 rings (SSSR count). The minimum atomic E-state index is -1.08. The van der Waals surface area contributed by atoms with Crippen molar-refractivity contribution in [2.75, 3.05) is 0 Å². The SMILES string of the molecule is O=C(O)Cc1ccc(C(=O)NC(CC(=O)O)Cc2ccc(-c3cccc(Cl)c3)cc2)o1. The molecule has 7 nitrogen and oxygen atoms in total. The number of hydrogen-bond donors (Lipinski definition) is 3. The van der Waals surface area contributed by atoms with Gasteiger partial charge in [0, 0.05) is 11.1 Å². The zero-order chi connectivity index (χ0) is 22.4. The monoisotopic (exact) mass is 441 g/mol. The molecule has 1 heterocycles. The van der Waals surface area contributed by atoms with Gasteiger partial charge in [-0.2, -0.15) is 0 Å². The molecule has 0 fully saturated rings. The first-order valence-corrected chi connectivity index (χ1v) is 9.86. The highest BCUT2D eigenvalue weighted by molar-refractivity contribution is 6.30. The molecule has 0 aliphatic carbocycles. The standard InChI is InChI=1S/C23H20ClNO6/c24-17-3-1-2-16(11-17)15-6-4-14(5-7-15)10-18(12-21(26)27)25-23(30)20-9-8-19(31-20)13-22(28)29/h1-9,11,18H,10,12-13H2,(H,25,30)(H,26,27)(H,28,29). The van der Waals surface area contributed by atoms with Crippen LogP contribution in [0.5, 0.6) is 0 Å². The Labute approximate surface area is 183 Å². The average Bonchev–Trinajstić information content (AvgIpc) is 3.16. The number of carbonyl (C=O) groups excluding carboxylic acids is 1. The predicted molar refractivity (Wildman–Crippen MR) is 114 cm³/mol. The van der Waals surface area contributed by atoms with Gasteiger partial charge in [-0.3, -0.25) is 14.4 Å². The van der Waals surface area contributed by atoms with Crippen LogP contribution in [0.1, 0.15) is 28.3 Å². The maximum Gasteiger partial charge on any atom is 0.311 e. The summed E-state index contributed by atoms with van der Waals surface area (Å²) in [5.74, 6) is -2.65. The van der Waals surface area contributed by atoms with Crippen molar-refractivity contribution in [3.8, 4) is 11.1 Å². The highest BCUT2D eigenvalue weighted by atomic mass is 35.5. The molecule has 3 aromatic rings. The van der Waals surface area contributed by atoms with Crippen LogP contribution in [0.25, 0.3) is 11.1 Å². The fraction of sp³-hybridized carbons (Fsp3) is 0.174. The third kappa shape index (κ3) is 6.45. The molecule has 1 amide bonds. The summed E-state index contributed by atoms with van der Waals surface area (Å²) in [5, 5.41) is 21.3. The number of halogens is 1. The van der Waals surface area contributed by atoms with E-state index in [9.17, 15) is 19.5 Å². The molecule has 1 unspecified atom stereocenters. The van der Waals surface area contributed by atoms with Crippen molar-refractivity contribution < 1.29 is 29.0 Å². The summed E-state index contributed by atoms with van der Waals surface area (Å²) in [5.41, 5.74) is 2.78. The van der Waals surface area contributed by atoms with E-state index in [4.69, 9.17) is 21.1 Å². The highest BCUT2D eigenvalue weighted by Gasteiger charge is 2.20. The number of aliphatic carboxylic acids is 2. The number of hydrogen-bond acceptors (Lipinski definition) is 4. The van der Waals surface area contributed by atoms with Gasteiger partial charge in [0.15, 0.2) is 5.76 Å². The van der Waals surface area contributed by atoms with Gasteiger partial charge in [-0.1, -0.05) is 48.0 Å². The third-order valence-corrected chi connectivity index (χ3v) is 4.80. The van der Waals surface area contributed by atoms with Gasteiger partial charge in [0.05, 0.1) is 6.42 Å². The van der Waals surface area contributed by atoms with Gasteiger partial charge in [0.2, 0.25) is 0 Å². The Kier molecular flexibility index (Phi) is 7.10. The van der Waals surface area contributed by atoms with Crippen LogP contribution in [0.4, 0.5) is 0 Å². The van der Waals surface area contributed by atoms with E-state index in [2.05, 4.69) is 5.32 Å². The Morgan fingerprint density at radius 3 is 2.32 bits per heavy atom. The molecule has 0 bridgehead atoms. The summed E-state index contributed by atoms with van der Waals surface area (Å²) in [7, 11) is 0. The van der Waals surface area contributed by atoms with E-state index in [1.165, 1.54) is 12.1 Å². The molecule has 3 N–H and O–H groups in total. The summed E-state index contributed by atoms with van der Waals surface area (Å²) in [6, 6.07) is 17.1. The van der Waals surface area contributed by atoms with Gasteiger partial charge in [0.1, 0.15) is 12.2 Å². The van der Waals surface area contributed by atoms with Gasteiger partial charge in [-0.25, -0.2) is 0 Å². The van der Waals surface area contributed by atoms with Crippen molar-refractivity contribution in [2.24, 2.45) is 0 Å². The molecule has 0 aliphatic heterocycles. The van der Waals surface area contributed by atoms with E-state index in [1.807, 2.05) is 42.5 Å². The molecule has 0 spiro atoms. The van der Waals surface area contributed by atoms with Crippen LogP contribution in [-0.2, 0) is 22.4 Å². The summed E-state index contributed by atoms with van der Waals surface area (Å²) < 4.78 is 5.24. The lowest BCUT2D eigenvalue weighted by molar-refractivity contribution is -0.138. The molecule has 2 aromatic carbocycles. The maximum absolute atomic E-state index is 12.4. The zero-order valence-corrected chi connectivity index (χ0v) is 17.1. The molecule has 0 saturated heterocycles. The predicted octanol–water partition coefficient (Wildman–Crippen LogP) is 4.04. The van der Waals surface area contributed by atoms with Gasteiger partial charge in [-0.05, 0) is 47.4 Å². The van der Waals surface area contributed by atoms with Crippen molar-refractivity contribution in [3.63, 3.8) is 0 Å². The number of benzene rings is 2. The number of nitrogens with one attached hydrogen (secondary N) is 1. The summed E-state index contributed by atoms with van der Waals surface area (Å²) in [4.78, 5) is 34.4. The third-order valence-electron chi connectivity index (χ3n) is 4.56. The number of carboxylic acid groups (broad SMARTS) is 2. The largest absolute Gasteiger partial charge is 0.481 e. The van der Waals surface area contributed by atoms with E-state index < -0.39 is 23.9 Å². The maximum atomic E-state index is 12.4. The van der Waals surface area contributed by atoms with E-state index >= 15 is 0 Å². The van der Waals surface area contributed by atoms with Crippen molar-refractivity contribution >= 4 is 29.4 Å². The van der Waals surface area contributed by atoms with Crippen LogP contribution in [0.15, 0.2) is 65.1 Å². The molecule has 0 radical (unpaired) electrons. The smallest absolute Gasteiger partial charge is 0.311 e. The van der Waals surface area contributed by atoms with E-state index in [-0.39, 0.29) is 24.4 Å². The minimum absolute atomic E-state index is 0.0667. The first kappa shape index (κ1) is 22.1. The lowest BCUT2D eigenvalue weighted by Crippen LogP contribution is -2.38. The second-order valence-electron chi connectivity index (χ2n) is 7.02. The Bertz CT molecular complexity index is 1090. The first-order valence-electron chi connectivity index (χ1n) is 9.48. The van der Waals surface area contributed by atoms with Crippen molar-refractivity contribution in [1.29, 1.82) is 0 Å². The molecule has 160 valence electrons. The summed E-state index contributed by atoms with van der Waals surface area (Å²) >= 11 is 6.04. The van der Waals surface area contributed by atoms with E-state index in [1.54, 1.807) is 6.07 Å². The molecular weight excluding hydrogens is 422 g/mol. The van der Waals surface area contributed by atoms with Crippen molar-refractivity contribution in [3.05, 3.63) is 82.8 Å². The Morgan fingerprint density at radius 1 is 0.935 bits per heavy atom. The van der Waals surface area contributed by atoms with E-state index in [0.717, 1.165) is 16.7 Å². The Morgan fingerprint density at radius 2 is 1.68 bits per heavy atom. The highest BCUT2D eigenvalue weighted by Crippen LogP contribution is 2.23. The van der Waals surface area contributed by atoms with Crippen LogP contribution < -0.4 is 5.32 Å². The van der Waals surface area contributed by atoms with Crippen molar-refractivity contribution in [2.45, 2.75) is 25.3 Å². The van der Waals surface area contributed by atoms with Gasteiger partial charge < -0.3 is 19.9 Å². The minimum Gasteiger partial charge on any atom is -0.481 e. The zero-order valence-electron chi connectivity index (χ0n) is 16.4. The summed E-state index contributed by atoms with van der Waals surface area (Å²) in [6.07, 6.45) is -0.314. The Balaban J connectivity index is 1.69. The van der Waals surface area contributed by atoms with Gasteiger partial charge in [0.25, 0.3) is 5.91 Å². The van der Waals surface area contributed by atoms with Crippen LogP contribution in [0, 0.1) is 0 Å². The van der Waals surface area contributed by atoms with E-state index in [0.29, 0.717) is 11.4 Å².